The third kappa shape index (κ3) is 7.17. The number of hydrogen-bond donors (Lipinski definition) is 1. The van der Waals surface area contributed by atoms with Crippen LogP contribution in [0.1, 0.15) is 106 Å². The Bertz CT molecular complexity index is 817. The van der Waals surface area contributed by atoms with Crippen LogP contribution in [0.5, 0.6) is 0 Å². The zero-order valence-electron chi connectivity index (χ0n) is 21.4. The summed E-state index contributed by atoms with van der Waals surface area (Å²) in [4.78, 5) is 2.62. The molecule has 3 atom stereocenters. The summed E-state index contributed by atoms with van der Waals surface area (Å²) >= 11 is 0. The van der Waals surface area contributed by atoms with Crippen LogP contribution in [0.2, 0.25) is 0 Å². The number of nitrogens with zero attached hydrogens (tertiary/aromatic N) is 1. The van der Waals surface area contributed by atoms with Gasteiger partial charge in [0.05, 0.1) is 0 Å². The van der Waals surface area contributed by atoms with Crippen molar-refractivity contribution < 1.29 is 0 Å². The van der Waals surface area contributed by atoms with Crippen LogP contribution >= 0.6 is 0 Å². The van der Waals surface area contributed by atoms with Crippen LogP contribution in [-0.4, -0.2) is 24.0 Å². The Morgan fingerprint density at radius 1 is 0.758 bits per heavy atom. The average molecular weight is 447 g/mol. The molecule has 1 N–H and O–H groups in total. The van der Waals surface area contributed by atoms with E-state index < -0.39 is 0 Å². The van der Waals surface area contributed by atoms with Crippen LogP contribution in [-0.2, 0) is 13.1 Å². The van der Waals surface area contributed by atoms with Crippen molar-refractivity contribution in [2.24, 2.45) is 5.92 Å². The molecule has 3 unspecified atom stereocenters. The Morgan fingerprint density at radius 2 is 1.39 bits per heavy atom. The first-order valence-corrected chi connectivity index (χ1v) is 13.7. The SMILES string of the molecule is CC(C)c1ccc(CNC2CCCCC2CC(C)c2ccc(CN3CCCCC3)cc2)cc1. The lowest BCUT2D eigenvalue weighted by molar-refractivity contribution is 0.221. The molecule has 1 saturated carbocycles. The van der Waals surface area contributed by atoms with Crippen LogP contribution in [0.4, 0.5) is 0 Å². The van der Waals surface area contributed by atoms with Crippen molar-refractivity contribution in [2.45, 2.75) is 103 Å². The molecule has 0 aromatic heterocycles. The molecule has 2 nitrogen and oxygen atoms in total. The second-order valence-electron chi connectivity index (χ2n) is 11.1. The molecule has 33 heavy (non-hydrogen) atoms. The molecule has 0 bridgehead atoms. The summed E-state index contributed by atoms with van der Waals surface area (Å²) in [6.45, 7) is 11.6. The summed E-state index contributed by atoms with van der Waals surface area (Å²) in [6, 6.07) is 19.5. The third-order valence-electron chi connectivity index (χ3n) is 8.18. The molecule has 0 spiro atoms. The van der Waals surface area contributed by atoms with Gasteiger partial charge in [-0.2, -0.15) is 0 Å². The molecular formula is C31H46N2. The fourth-order valence-corrected chi connectivity index (χ4v) is 5.95. The first-order chi connectivity index (χ1) is 16.1. The van der Waals surface area contributed by atoms with E-state index in [2.05, 4.69) is 79.5 Å². The molecule has 2 aromatic carbocycles. The van der Waals surface area contributed by atoms with Crippen molar-refractivity contribution >= 4 is 0 Å². The molecule has 1 aliphatic carbocycles. The number of nitrogens with one attached hydrogen (secondary N) is 1. The van der Waals surface area contributed by atoms with Crippen LogP contribution in [0.25, 0.3) is 0 Å². The third-order valence-corrected chi connectivity index (χ3v) is 8.18. The first-order valence-electron chi connectivity index (χ1n) is 13.7. The van der Waals surface area contributed by atoms with Crippen LogP contribution in [0.15, 0.2) is 48.5 Å². The molecule has 2 fully saturated rings. The van der Waals surface area contributed by atoms with Gasteiger partial charge in [0.15, 0.2) is 0 Å². The molecule has 2 aliphatic rings. The zero-order valence-corrected chi connectivity index (χ0v) is 21.4. The lowest BCUT2D eigenvalue weighted by Gasteiger charge is -2.34. The van der Waals surface area contributed by atoms with Gasteiger partial charge in [0.1, 0.15) is 0 Å². The number of hydrogen-bond acceptors (Lipinski definition) is 2. The fourth-order valence-electron chi connectivity index (χ4n) is 5.95. The van der Waals surface area contributed by atoms with E-state index in [1.165, 1.54) is 86.7 Å². The molecule has 0 amide bonds. The maximum Gasteiger partial charge on any atom is 0.0233 e. The molecule has 2 heteroatoms. The van der Waals surface area contributed by atoms with Gasteiger partial charge in [-0.25, -0.2) is 0 Å². The minimum atomic E-state index is 0.607. The van der Waals surface area contributed by atoms with Gasteiger partial charge in [-0.05, 0) is 85.2 Å². The minimum absolute atomic E-state index is 0.607. The second-order valence-corrected chi connectivity index (χ2v) is 11.1. The lowest BCUT2D eigenvalue weighted by Crippen LogP contribution is -2.38. The van der Waals surface area contributed by atoms with Crippen LogP contribution in [0, 0.1) is 5.92 Å². The van der Waals surface area contributed by atoms with Gasteiger partial charge >= 0.3 is 0 Å². The summed E-state index contributed by atoms with van der Waals surface area (Å²) in [5.41, 5.74) is 5.85. The number of benzene rings is 2. The summed E-state index contributed by atoms with van der Waals surface area (Å²) in [5.74, 6) is 2.03. The molecule has 4 rings (SSSR count). The van der Waals surface area contributed by atoms with Crippen LogP contribution < -0.4 is 5.32 Å². The Kier molecular flexibility index (Phi) is 9.03. The normalized spacial score (nSPS) is 23.0. The summed E-state index contributed by atoms with van der Waals surface area (Å²) in [7, 11) is 0. The van der Waals surface area contributed by atoms with Crippen LogP contribution in [0.3, 0.4) is 0 Å². The van der Waals surface area contributed by atoms with Crippen molar-refractivity contribution in [3.05, 3.63) is 70.8 Å². The number of rotatable bonds is 9. The quantitative estimate of drug-likeness (QED) is 0.426. The van der Waals surface area contributed by atoms with Gasteiger partial charge in [0, 0.05) is 19.1 Å². The van der Waals surface area contributed by atoms with Gasteiger partial charge in [-0.3, -0.25) is 4.90 Å². The molecule has 180 valence electrons. The van der Waals surface area contributed by atoms with E-state index in [4.69, 9.17) is 0 Å². The highest BCUT2D eigenvalue weighted by Crippen LogP contribution is 2.33. The van der Waals surface area contributed by atoms with Crippen molar-refractivity contribution in [3.8, 4) is 0 Å². The van der Waals surface area contributed by atoms with Crippen molar-refractivity contribution in [2.75, 3.05) is 13.1 Å². The predicted molar refractivity (Wildman–Crippen MR) is 142 cm³/mol. The Balaban J connectivity index is 1.29. The summed E-state index contributed by atoms with van der Waals surface area (Å²) < 4.78 is 0. The Morgan fingerprint density at radius 3 is 2.09 bits per heavy atom. The highest BCUT2D eigenvalue weighted by Gasteiger charge is 2.26. The van der Waals surface area contributed by atoms with Crippen molar-refractivity contribution in [1.82, 2.24) is 10.2 Å². The highest BCUT2D eigenvalue weighted by atomic mass is 15.1. The predicted octanol–water partition coefficient (Wildman–Crippen LogP) is 7.64. The van der Waals surface area contributed by atoms with E-state index >= 15 is 0 Å². The minimum Gasteiger partial charge on any atom is -0.310 e. The fraction of sp³-hybridized carbons (Fsp3) is 0.613. The molecule has 2 aromatic rings. The van der Waals surface area contributed by atoms with E-state index in [-0.39, 0.29) is 0 Å². The summed E-state index contributed by atoms with van der Waals surface area (Å²) in [6.07, 6.45) is 10.9. The highest BCUT2D eigenvalue weighted by molar-refractivity contribution is 5.26. The van der Waals surface area contributed by atoms with E-state index in [1.54, 1.807) is 0 Å². The molecular weight excluding hydrogens is 400 g/mol. The molecule has 1 heterocycles. The monoisotopic (exact) mass is 446 g/mol. The lowest BCUT2D eigenvalue weighted by atomic mass is 9.78. The van der Waals surface area contributed by atoms with Gasteiger partial charge in [-0.15, -0.1) is 0 Å². The molecule has 0 radical (unpaired) electrons. The van der Waals surface area contributed by atoms with Gasteiger partial charge < -0.3 is 5.32 Å². The van der Waals surface area contributed by atoms with E-state index in [9.17, 15) is 0 Å². The number of likely N-dealkylation sites (tertiary alicyclic amines) is 1. The number of piperidine rings is 1. The van der Waals surface area contributed by atoms with E-state index in [1.807, 2.05) is 0 Å². The maximum atomic E-state index is 3.94. The zero-order chi connectivity index (χ0) is 23.0. The maximum absolute atomic E-state index is 3.94. The molecule has 1 saturated heterocycles. The van der Waals surface area contributed by atoms with Crippen molar-refractivity contribution in [3.63, 3.8) is 0 Å². The summed E-state index contributed by atoms with van der Waals surface area (Å²) in [5, 5.41) is 3.94. The largest absolute Gasteiger partial charge is 0.310 e. The average Bonchev–Trinajstić information content (AvgIpc) is 2.85. The Hall–Kier alpha value is -1.64. The van der Waals surface area contributed by atoms with Gasteiger partial charge in [0.2, 0.25) is 0 Å². The Labute approximate surface area is 203 Å². The smallest absolute Gasteiger partial charge is 0.0233 e. The van der Waals surface area contributed by atoms with Gasteiger partial charge in [0.25, 0.3) is 0 Å². The van der Waals surface area contributed by atoms with E-state index in [0.717, 1.165) is 19.0 Å². The second kappa shape index (κ2) is 12.2. The standard InChI is InChI=1S/C31H46N2/c1-24(2)28-15-11-26(12-16-28)22-32-31-10-6-5-9-30(31)21-25(3)29-17-13-27(14-18-29)23-33-19-7-4-8-20-33/h11-18,24-25,30-32H,4-10,19-23H2,1-3H3. The topological polar surface area (TPSA) is 15.3 Å². The van der Waals surface area contributed by atoms with E-state index in [0.29, 0.717) is 17.9 Å². The molecule has 1 aliphatic heterocycles. The van der Waals surface area contributed by atoms with Crippen molar-refractivity contribution in [1.29, 1.82) is 0 Å². The van der Waals surface area contributed by atoms with Gasteiger partial charge in [-0.1, -0.05) is 88.6 Å². The first kappa shape index (κ1) is 24.5.